The third-order valence-corrected chi connectivity index (χ3v) is 5.54. The second-order valence-corrected chi connectivity index (χ2v) is 8.11. The fourth-order valence-electron chi connectivity index (χ4n) is 3.69. The van der Waals surface area contributed by atoms with Crippen LogP contribution in [-0.4, -0.2) is 42.0 Å². The summed E-state index contributed by atoms with van der Waals surface area (Å²) in [6, 6.07) is 13.8. The average molecular weight is 428 g/mol. The minimum atomic E-state index is -0.692. The topological polar surface area (TPSA) is 66.8 Å². The van der Waals surface area contributed by atoms with Crippen LogP contribution in [0.25, 0.3) is 5.76 Å². The number of ketones is 1. The van der Waals surface area contributed by atoms with Crippen molar-refractivity contribution >= 4 is 29.1 Å². The Hall–Kier alpha value is -2.63. The smallest absolute Gasteiger partial charge is 0.295 e. The fourth-order valence-corrected chi connectivity index (χ4v) is 3.88. The van der Waals surface area contributed by atoms with Gasteiger partial charge < -0.3 is 14.7 Å². The first-order valence-electron chi connectivity index (χ1n) is 9.98. The van der Waals surface area contributed by atoms with E-state index in [1.165, 1.54) is 4.90 Å². The Morgan fingerprint density at radius 3 is 2.47 bits per heavy atom. The summed E-state index contributed by atoms with van der Waals surface area (Å²) in [7, 11) is 1.59. The standard InChI is InChI=1S/C24H26ClNO4/c1-15(2)16-8-10-17(11-9-16)21-20(22(27)18-6-4-7-19(25)14-18)23(28)24(29)26(21)12-5-13-30-3/h4,6-11,14-15,21,27H,5,12-13H2,1-3H3/b22-20-. The van der Waals surface area contributed by atoms with Crippen LogP contribution in [0.5, 0.6) is 0 Å². The van der Waals surface area contributed by atoms with E-state index in [9.17, 15) is 14.7 Å². The van der Waals surface area contributed by atoms with Gasteiger partial charge in [0.25, 0.3) is 11.7 Å². The number of amides is 1. The highest BCUT2D eigenvalue weighted by atomic mass is 35.5. The van der Waals surface area contributed by atoms with Gasteiger partial charge in [0.2, 0.25) is 0 Å². The van der Waals surface area contributed by atoms with Gasteiger partial charge in [-0.1, -0.05) is 61.8 Å². The van der Waals surface area contributed by atoms with Gasteiger partial charge in [0, 0.05) is 30.8 Å². The number of benzene rings is 2. The highest BCUT2D eigenvalue weighted by Gasteiger charge is 2.45. The molecule has 1 fully saturated rings. The zero-order valence-electron chi connectivity index (χ0n) is 17.4. The van der Waals surface area contributed by atoms with E-state index < -0.39 is 17.7 Å². The number of hydrogen-bond donors (Lipinski definition) is 1. The van der Waals surface area contributed by atoms with Gasteiger partial charge in [-0.05, 0) is 35.6 Å². The molecule has 1 aliphatic rings. The van der Waals surface area contributed by atoms with Gasteiger partial charge in [-0.25, -0.2) is 0 Å². The zero-order valence-corrected chi connectivity index (χ0v) is 18.1. The number of nitrogens with zero attached hydrogens (tertiary/aromatic N) is 1. The van der Waals surface area contributed by atoms with Crippen LogP contribution < -0.4 is 0 Å². The first-order chi connectivity index (χ1) is 14.3. The van der Waals surface area contributed by atoms with Gasteiger partial charge in [0.15, 0.2) is 0 Å². The minimum Gasteiger partial charge on any atom is -0.507 e. The first kappa shape index (κ1) is 22.1. The lowest BCUT2D eigenvalue weighted by Crippen LogP contribution is -2.31. The monoisotopic (exact) mass is 427 g/mol. The maximum atomic E-state index is 12.9. The van der Waals surface area contributed by atoms with E-state index in [0.29, 0.717) is 36.1 Å². The van der Waals surface area contributed by atoms with Crippen LogP contribution in [0.15, 0.2) is 54.1 Å². The van der Waals surface area contributed by atoms with E-state index in [0.717, 1.165) is 11.1 Å². The molecule has 3 rings (SSSR count). The molecule has 0 aliphatic carbocycles. The molecule has 1 N–H and O–H groups in total. The van der Waals surface area contributed by atoms with Gasteiger partial charge in [0.1, 0.15) is 5.76 Å². The van der Waals surface area contributed by atoms with Crippen molar-refractivity contribution in [3.05, 3.63) is 75.8 Å². The molecule has 1 atom stereocenters. The first-order valence-corrected chi connectivity index (χ1v) is 10.4. The number of aliphatic hydroxyl groups is 1. The number of carbonyl (C=O) groups is 2. The molecule has 1 aliphatic heterocycles. The molecular weight excluding hydrogens is 402 g/mol. The van der Waals surface area contributed by atoms with Crippen molar-refractivity contribution in [3.8, 4) is 0 Å². The number of likely N-dealkylation sites (tertiary alicyclic amines) is 1. The maximum Gasteiger partial charge on any atom is 0.295 e. The summed E-state index contributed by atoms with van der Waals surface area (Å²) in [5.41, 5.74) is 2.42. The molecule has 0 bridgehead atoms. The van der Waals surface area contributed by atoms with Crippen LogP contribution in [-0.2, 0) is 14.3 Å². The van der Waals surface area contributed by atoms with Crippen molar-refractivity contribution in [1.29, 1.82) is 0 Å². The molecule has 6 heteroatoms. The number of rotatable bonds is 7. The molecule has 2 aromatic rings. The maximum absolute atomic E-state index is 12.9. The lowest BCUT2D eigenvalue weighted by molar-refractivity contribution is -0.140. The lowest BCUT2D eigenvalue weighted by atomic mass is 9.93. The minimum absolute atomic E-state index is 0.0805. The Kier molecular flexibility index (Phi) is 6.95. The Morgan fingerprint density at radius 2 is 1.87 bits per heavy atom. The van der Waals surface area contributed by atoms with Gasteiger partial charge >= 0.3 is 0 Å². The molecule has 1 unspecified atom stereocenters. The van der Waals surface area contributed by atoms with Gasteiger partial charge in [0.05, 0.1) is 11.6 Å². The molecule has 1 saturated heterocycles. The predicted molar refractivity (Wildman–Crippen MR) is 117 cm³/mol. The van der Waals surface area contributed by atoms with Crippen LogP contribution in [0.3, 0.4) is 0 Å². The van der Waals surface area contributed by atoms with E-state index >= 15 is 0 Å². The quantitative estimate of drug-likeness (QED) is 0.294. The van der Waals surface area contributed by atoms with Crippen molar-refractivity contribution in [2.24, 2.45) is 0 Å². The van der Waals surface area contributed by atoms with E-state index in [1.54, 1.807) is 31.4 Å². The predicted octanol–water partition coefficient (Wildman–Crippen LogP) is 4.92. The van der Waals surface area contributed by atoms with Crippen molar-refractivity contribution in [2.45, 2.75) is 32.2 Å². The summed E-state index contributed by atoms with van der Waals surface area (Å²) in [4.78, 5) is 27.3. The van der Waals surface area contributed by atoms with Crippen LogP contribution in [0.2, 0.25) is 5.02 Å². The number of carbonyl (C=O) groups excluding carboxylic acids is 2. The molecule has 0 saturated carbocycles. The molecule has 158 valence electrons. The zero-order chi connectivity index (χ0) is 21.8. The van der Waals surface area contributed by atoms with Crippen molar-refractivity contribution in [2.75, 3.05) is 20.3 Å². The summed E-state index contributed by atoms with van der Waals surface area (Å²) in [6.07, 6.45) is 0.585. The molecule has 2 aromatic carbocycles. The summed E-state index contributed by atoms with van der Waals surface area (Å²) < 4.78 is 5.10. The van der Waals surface area contributed by atoms with E-state index in [-0.39, 0.29) is 11.3 Å². The van der Waals surface area contributed by atoms with Gasteiger partial charge in [-0.2, -0.15) is 0 Å². The van der Waals surface area contributed by atoms with E-state index in [1.807, 2.05) is 24.3 Å². The second kappa shape index (κ2) is 9.45. The van der Waals surface area contributed by atoms with Crippen molar-refractivity contribution in [3.63, 3.8) is 0 Å². The van der Waals surface area contributed by atoms with E-state index in [2.05, 4.69) is 13.8 Å². The summed E-state index contributed by atoms with van der Waals surface area (Å²) in [5, 5.41) is 11.4. The Bertz CT molecular complexity index is 965. The molecule has 0 spiro atoms. The fraction of sp³-hybridized carbons (Fsp3) is 0.333. The van der Waals surface area contributed by atoms with Gasteiger partial charge in [-0.3, -0.25) is 9.59 Å². The highest BCUT2D eigenvalue weighted by Crippen LogP contribution is 2.40. The number of ether oxygens (including phenoxy) is 1. The molecule has 5 nitrogen and oxygen atoms in total. The van der Waals surface area contributed by atoms with Crippen molar-refractivity contribution in [1.82, 2.24) is 4.90 Å². The molecule has 1 amide bonds. The van der Waals surface area contributed by atoms with Crippen LogP contribution >= 0.6 is 11.6 Å². The summed E-state index contributed by atoms with van der Waals surface area (Å²) >= 11 is 6.06. The number of halogens is 1. The number of aliphatic hydroxyl groups excluding tert-OH is 1. The van der Waals surface area contributed by atoms with Crippen LogP contribution in [0, 0.1) is 0 Å². The summed E-state index contributed by atoms with van der Waals surface area (Å²) in [5.74, 6) is -1.17. The van der Waals surface area contributed by atoms with Crippen molar-refractivity contribution < 1.29 is 19.4 Å². The molecule has 0 radical (unpaired) electrons. The molecule has 30 heavy (non-hydrogen) atoms. The molecular formula is C24H26ClNO4. The Balaban J connectivity index is 2.11. The normalized spacial score (nSPS) is 18.4. The van der Waals surface area contributed by atoms with Crippen LogP contribution in [0.4, 0.5) is 0 Å². The highest BCUT2D eigenvalue weighted by molar-refractivity contribution is 6.46. The third-order valence-electron chi connectivity index (χ3n) is 5.30. The largest absolute Gasteiger partial charge is 0.507 e. The third kappa shape index (κ3) is 4.42. The van der Waals surface area contributed by atoms with Gasteiger partial charge in [-0.15, -0.1) is 0 Å². The molecule has 0 aromatic heterocycles. The number of hydrogen-bond acceptors (Lipinski definition) is 4. The Labute approximate surface area is 181 Å². The van der Waals surface area contributed by atoms with E-state index in [4.69, 9.17) is 16.3 Å². The molecule has 1 heterocycles. The second-order valence-electron chi connectivity index (χ2n) is 7.67. The van der Waals surface area contributed by atoms with Crippen LogP contribution in [0.1, 0.15) is 48.9 Å². The number of methoxy groups -OCH3 is 1. The lowest BCUT2D eigenvalue weighted by Gasteiger charge is -2.25. The Morgan fingerprint density at radius 1 is 1.17 bits per heavy atom. The summed E-state index contributed by atoms with van der Waals surface area (Å²) in [6.45, 7) is 5.02. The average Bonchev–Trinajstić information content (AvgIpc) is 2.98. The number of Topliss-reactive ketones (excluding diaryl/α,β-unsaturated/α-hetero) is 1. The SMILES string of the molecule is COCCCN1C(=O)C(=O)/C(=C(\O)c2cccc(Cl)c2)C1c1ccc(C(C)C)cc1.